The van der Waals surface area contributed by atoms with E-state index >= 15 is 0 Å². The summed E-state index contributed by atoms with van der Waals surface area (Å²) in [6.07, 6.45) is 0.634. The normalized spacial score (nSPS) is 17.4. The van der Waals surface area contributed by atoms with Crippen LogP contribution in [-0.4, -0.2) is 29.0 Å². The minimum absolute atomic E-state index is 0.202. The van der Waals surface area contributed by atoms with Gasteiger partial charge in [-0.05, 0) is 12.1 Å². The van der Waals surface area contributed by atoms with Crippen molar-refractivity contribution in [3.8, 4) is 17.1 Å². The number of phenols is 1. The molecule has 0 radical (unpaired) electrons. The Kier molecular flexibility index (Phi) is 2.57. The molecule has 0 saturated carbocycles. The molecule has 1 aliphatic rings. The second-order valence-electron chi connectivity index (χ2n) is 4.76. The van der Waals surface area contributed by atoms with Crippen LogP contribution in [0.15, 0.2) is 34.9 Å². The number of hydrogen-bond acceptors (Lipinski definition) is 5. The summed E-state index contributed by atoms with van der Waals surface area (Å²) in [4.78, 5) is 0. The van der Waals surface area contributed by atoms with Crippen LogP contribution in [0.25, 0.3) is 11.3 Å². The van der Waals surface area contributed by atoms with E-state index < -0.39 is 0 Å². The maximum atomic E-state index is 9.42. The van der Waals surface area contributed by atoms with Crippen LogP contribution in [0.2, 0.25) is 0 Å². The van der Waals surface area contributed by atoms with E-state index in [0.717, 1.165) is 11.3 Å². The van der Waals surface area contributed by atoms with Crippen molar-refractivity contribution in [3.63, 3.8) is 0 Å². The van der Waals surface area contributed by atoms with Gasteiger partial charge in [-0.1, -0.05) is 17.3 Å². The van der Waals surface area contributed by atoms with Crippen molar-refractivity contribution in [2.45, 2.75) is 12.0 Å². The molecule has 1 aromatic heterocycles. The quantitative estimate of drug-likeness (QED) is 0.853. The highest BCUT2D eigenvalue weighted by Gasteiger charge is 2.35. The molecule has 0 bridgehead atoms. The zero-order valence-electron chi connectivity index (χ0n) is 9.80. The summed E-state index contributed by atoms with van der Waals surface area (Å²) in [6, 6.07) is 8.71. The van der Waals surface area contributed by atoms with Crippen LogP contribution in [0.3, 0.4) is 0 Å². The Balaban J connectivity index is 1.81. The number of benzene rings is 1. The average molecular weight is 246 g/mol. The Morgan fingerprint density at radius 3 is 2.83 bits per heavy atom. The van der Waals surface area contributed by atoms with Gasteiger partial charge in [0.15, 0.2) is 5.76 Å². The molecule has 2 aromatic rings. The lowest BCUT2D eigenvalue weighted by Crippen LogP contribution is -2.58. The molecule has 0 atom stereocenters. The van der Waals surface area contributed by atoms with Gasteiger partial charge in [0, 0.05) is 18.1 Å². The minimum atomic E-state index is -0.313. The van der Waals surface area contributed by atoms with E-state index in [9.17, 15) is 5.11 Å². The van der Waals surface area contributed by atoms with Gasteiger partial charge in [0.2, 0.25) is 0 Å². The van der Waals surface area contributed by atoms with Gasteiger partial charge in [-0.2, -0.15) is 0 Å². The molecule has 94 valence electrons. The van der Waals surface area contributed by atoms with Crippen LogP contribution in [0, 0.1) is 0 Å². The lowest BCUT2D eigenvalue weighted by atomic mass is 9.93. The van der Waals surface area contributed by atoms with Crippen LogP contribution >= 0.6 is 0 Å². The monoisotopic (exact) mass is 246 g/mol. The molecular weight excluding hydrogens is 232 g/mol. The maximum absolute atomic E-state index is 9.42. The molecule has 0 amide bonds. The summed E-state index contributed by atoms with van der Waals surface area (Å²) >= 11 is 0. The molecule has 3 N–H and O–H groups in total. The lowest BCUT2D eigenvalue weighted by molar-refractivity contribution is -0.0535. The molecule has 1 fully saturated rings. The number of aromatic hydroxyl groups is 1. The lowest BCUT2D eigenvalue weighted by Gasteiger charge is -2.37. The summed E-state index contributed by atoms with van der Waals surface area (Å²) < 4.78 is 10.4. The largest absolute Gasteiger partial charge is 0.508 e. The highest BCUT2D eigenvalue weighted by atomic mass is 16.5. The summed E-state index contributed by atoms with van der Waals surface area (Å²) in [5, 5.41) is 13.4. The van der Waals surface area contributed by atoms with Gasteiger partial charge < -0.3 is 20.1 Å². The number of rotatable bonds is 3. The van der Waals surface area contributed by atoms with Gasteiger partial charge in [0.1, 0.15) is 5.75 Å². The fourth-order valence-corrected chi connectivity index (χ4v) is 2.02. The maximum Gasteiger partial charge on any atom is 0.167 e. The van der Waals surface area contributed by atoms with Crippen LogP contribution in [0.1, 0.15) is 5.69 Å². The van der Waals surface area contributed by atoms with Crippen molar-refractivity contribution in [1.29, 1.82) is 0 Å². The number of hydrogen-bond donors (Lipinski definition) is 2. The summed E-state index contributed by atoms with van der Waals surface area (Å²) in [6.45, 7) is 1.11. The van der Waals surface area contributed by atoms with E-state index in [2.05, 4.69) is 5.16 Å². The zero-order valence-corrected chi connectivity index (χ0v) is 9.80. The first-order valence-electron chi connectivity index (χ1n) is 5.76. The average Bonchev–Trinajstić information content (AvgIpc) is 2.75. The molecule has 0 spiro atoms. The highest BCUT2D eigenvalue weighted by Crippen LogP contribution is 2.26. The Labute approximate surface area is 104 Å². The van der Waals surface area contributed by atoms with Crippen molar-refractivity contribution in [3.05, 3.63) is 36.0 Å². The van der Waals surface area contributed by atoms with Crippen LogP contribution in [0.4, 0.5) is 0 Å². The van der Waals surface area contributed by atoms with E-state index in [0.29, 0.717) is 25.4 Å². The van der Waals surface area contributed by atoms with Gasteiger partial charge in [-0.15, -0.1) is 0 Å². The summed E-state index contributed by atoms with van der Waals surface area (Å²) in [5.41, 5.74) is 7.35. The molecule has 1 aliphatic heterocycles. The van der Waals surface area contributed by atoms with E-state index in [1.54, 1.807) is 18.2 Å². The third-order valence-electron chi connectivity index (χ3n) is 3.00. The predicted octanol–water partition coefficient (Wildman–Crippen LogP) is 1.32. The van der Waals surface area contributed by atoms with Crippen molar-refractivity contribution < 1.29 is 14.4 Å². The van der Waals surface area contributed by atoms with Crippen molar-refractivity contribution >= 4 is 0 Å². The molecule has 1 aromatic carbocycles. The molecule has 0 unspecified atom stereocenters. The first kappa shape index (κ1) is 11.3. The number of phenolic OH excluding ortho intramolecular Hbond substituents is 1. The zero-order chi connectivity index (χ0) is 12.6. The van der Waals surface area contributed by atoms with Crippen LogP contribution in [-0.2, 0) is 11.2 Å². The summed E-state index contributed by atoms with van der Waals surface area (Å²) in [5.74, 6) is 0.831. The van der Waals surface area contributed by atoms with Gasteiger partial charge in [-0.3, -0.25) is 0 Å². The third kappa shape index (κ3) is 2.10. The standard InChI is InChI=1S/C13H14N2O3/c14-13(7-17-8-13)6-10-5-12(18-15-10)9-2-1-3-11(16)4-9/h1-5,16H,6-8,14H2. The minimum Gasteiger partial charge on any atom is -0.508 e. The van der Waals surface area contributed by atoms with Gasteiger partial charge >= 0.3 is 0 Å². The number of ether oxygens (including phenoxy) is 1. The van der Waals surface area contributed by atoms with Gasteiger partial charge in [0.05, 0.1) is 24.4 Å². The SMILES string of the molecule is NC1(Cc2cc(-c3cccc(O)c3)on2)COC1. The van der Waals surface area contributed by atoms with E-state index in [1.165, 1.54) is 0 Å². The summed E-state index contributed by atoms with van der Waals surface area (Å²) in [7, 11) is 0. The second kappa shape index (κ2) is 4.12. The topological polar surface area (TPSA) is 81.5 Å². The fourth-order valence-electron chi connectivity index (χ4n) is 2.02. The number of nitrogens with zero attached hydrogens (tertiary/aromatic N) is 1. The van der Waals surface area contributed by atoms with Crippen molar-refractivity contribution in [1.82, 2.24) is 5.16 Å². The molecule has 0 aliphatic carbocycles. The highest BCUT2D eigenvalue weighted by molar-refractivity contribution is 5.59. The van der Waals surface area contributed by atoms with Crippen molar-refractivity contribution in [2.75, 3.05) is 13.2 Å². The predicted molar refractivity (Wildman–Crippen MR) is 65.0 cm³/mol. The van der Waals surface area contributed by atoms with Crippen LogP contribution < -0.4 is 5.73 Å². The fraction of sp³-hybridized carbons (Fsp3) is 0.308. The van der Waals surface area contributed by atoms with Gasteiger partial charge in [0.25, 0.3) is 0 Å². The van der Waals surface area contributed by atoms with Crippen LogP contribution in [0.5, 0.6) is 5.75 Å². The molecular formula is C13H14N2O3. The smallest absolute Gasteiger partial charge is 0.167 e. The van der Waals surface area contributed by atoms with E-state index in [-0.39, 0.29) is 11.3 Å². The van der Waals surface area contributed by atoms with E-state index in [1.807, 2.05) is 12.1 Å². The van der Waals surface area contributed by atoms with E-state index in [4.69, 9.17) is 15.0 Å². The molecule has 2 heterocycles. The third-order valence-corrected chi connectivity index (χ3v) is 3.00. The molecule has 18 heavy (non-hydrogen) atoms. The van der Waals surface area contributed by atoms with Crippen molar-refractivity contribution in [2.24, 2.45) is 5.73 Å². The Bertz CT molecular complexity index is 561. The van der Waals surface area contributed by atoms with Gasteiger partial charge in [-0.25, -0.2) is 0 Å². The molecule has 5 nitrogen and oxygen atoms in total. The molecule has 5 heteroatoms. The first-order chi connectivity index (χ1) is 8.65. The number of aromatic nitrogens is 1. The first-order valence-corrected chi connectivity index (χ1v) is 5.76. The molecule has 3 rings (SSSR count). The Morgan fingerprint density at radius 1 is 1.33 bits per heavy atom. The Hall–Kier alpha value is -1.85. The molecule has 1 saturated heterocycles. The Morgan fingerprint density at radius 2 is 2.17 bits per heavy atom. The second-order valence-corrected chi connectivity index (χ2v) is 4.76. The number of nitrogens with two attached hydrogens (primary N) is 1.